The number of nitrogens with one attached hydrogen (secondary N) is 2. The lowest BCUT2D eigenvalue weighted by molar-refractivity contribution is 0.101. The summed E-state index contributed by atoms with van der Waals surface area (Å²) in [6.07, 6.45) is 0. The molecule has 0 aliphatic rings. The van der Waals surface area contributed by atoms with Crippen LogP contribution in [0.4, 0.5) is 15.8 Å². The van der Waals surface area contributed by atoms with Gasteiger partial charge in [-0.25, -0.2) is 4.39 Å². The van der Waals surface area contributed by atoms with Crippen molar-refractivity contribution in [2.45, 2.75) is 13.8 Å². The van der Waals surface area contributed by atoms with E-state index in [4.69, 9.17) is 12.2 Å². The molecular formula is C16H15FN2OS. The Bertz CT molecular complexity index is 683. The lowest BCUT2D eigenvalue weighted by Crippen LogP contribution is -2.19. The average molecular weight is 302 g/mol. The maximum Gasteiger partial charge on any atom is 0.175 e. The van der Waals surface area contributed by atoms with Crippen LogP contribution in [0.25, 0.3) is 0 Å². The Hall–Kier alpha value is -2.27. The number of hydrogen-bond acceptors (Lipinski definition) is 2. The first-order chi connectivity index (χ1) is 9.95. The summed E-state index contributed by atoms with van der Waals surface area (Å²) in [5.41, 5.74) is 2.56. The number of carbonyl (C=O) groups is 1. The van der Waals surface area contributed by atoms with Crippen LogP contribution in [0.15, 0.2) is 42.5 Å². The second-order valence-corrected chi connectivity index (χ2v) is 5.08. The van der Waals surface area contributed by atoms with Gasteiger partial charge in [-0.1, -0.05) is 6.07 Å². The Morgan fingerprint density at radius 2 is 1.62 bits per heavy atom. The van der Waals surface area contributed by atoms with E-state index in [1.54, 1.807) is 43.3 Å². The van der Waals surface area contributed by atoms with E-state index in [0.29, 0.717) is 21.9 Å². The van der Waals surface area contributed by atoms with Crippen LogP contribution in [0.3, 0.4) is 0 Å². The van der Waals surface area contributed by atoms with Gasteiger partial charge in [0, 0.05) is 16.9 Å². The molecule has 5 heteroatoms. The minimum atomic E-state index is -0.284. The molecule has 0 amide bonds. The first-order valence-corrected chi connectivity index (χ1v) is 6.81. The summed E-state index contributed by atoms with van der Waals surface area (Å²) in [7, 11) is 0. The van der Waals surface area contributed by atoms with Crippen LogP contribution in [0.2, 0.25) is 0 Å². The fraction of sp³-hybridized carbons (Fsp3) is 0.125. The van der Waals surface area contributed by atoms with Gasteiger partial charge in [-0.15, -0.1) is 0 Å². The molecule has 3 nitrogen and oxygen atoms in total. The third-order valence-corrected chi connectivity index (χ3v) is 3.18. The number of thiocarbonyl (C=S) groups is 1. The molecule has 0 aliphatic carbocycles. The van der Waals surface area contributed by atoms with Gasteiger partial charge in [-0.3, -0.25) is 4.79 Å². The normalized spacial score (nSPS) is 10.0. The summed E-state index contributed by atoms with van der Waals surface area (Å²) in [6, 6.07) is 11.8. The summed E-state index contributed by atoms with van der Waals surface area (Å²) < 4.78 is 13.4. The van der Waals surface area contributed by atoms with Crippen molar-refractivity contribution in [3.63, 3.8) is 0 Å². The zero-order valence-electron chi connectivity index (χ0n) is 11.7. The molecule has 0 unspecified atom stereocenters. The van der Waals surface area contributed by atoms with E-state index >= 15 is 0 Å². The van der Waals surface area contributed by atoms with Crippen molar-refractivity contribution >= 4 is 34.5 Å². The van der Waals surface area contributed by atoms with Crippen molar-refractivity contribution in [3.05, 3.63) is 59.4 Å². The molecule has 0 bridgehead atoms. The van der Waals surface area contributed by atoms with Gasteiger partial charge in [-0.2, -0.15) is 0 Å². The molecule has 108 valence electrons. The highest BCUT2D eigenvalue weighted by atomic mass is 32.1. The number of halogens is 1. The van der Waals surface area contributed by atoms with Gasteiger partial charge in [-0.05, 0) is 68.0 Å². The summed E-state index contributed by atoms with van der Waals surface area (Å²) in [4.78, 5) is 11.2. The summed E-state index contributed by atoms with van der Waals surface area (Å²) >= 11 is 5.17. The van der Waals surface area contributed by atoms with Crippen molar-refractivity contribution in [3.8, 4) is 0 Å². The number of rotatable bonds is 3. The molecule has 0 radical (unpaired) electrons. The van der Waals surface area contributed by atoms with E-state index in [1.807, 2.05) is 0 Å². The number of aryl methyl sites for hydroxylation is 1. The highest BCUT2D eigenvalue weighted by molar-refractivity contribution is 7.80. The molecule has 2 N–H and O–H groups in total. The fourth-order valence-electron chi connectivity index (χ4n) is 1.75. The van der Waals surface area contributed by atoms with E-state index in [0.717, 1.165) is 5.69 Å². The number of benzene rings is 2. The van der Waals surface area contributed by atoms with Gasteiger partial charge in [0.25, 0.3) is 0 Å². The predicted molar refractivity (Wildman–Crippen MR) is 87.4 cm³/mol. The highest BCUT2D eigenvalue weighted by Crippen LogP contribution is 2.15. The Morgan fingerprint density at radius 1 is 1.05 bits per heavy atom. The molecular weight excluding hydrogens is 287 g/mol. The summed E-state index contributed by atoms with van der Waals surface area (Å²) in [6.45, 7) is 3.22. The van der Waals surface area contributed by atoms with Crippen LogP contribution >= 0.6 is 12.2 Å². The van der Waals surface area contributed by atoms with E-state index in [2.05, 4.69) is 10.6 Å². The van der Waals surface area contributed by atoms with Crippen LogP contribution in [-0.2, 0) is 0 Å². The standard InChI is InChI=1S/C16H15FN2OS/c1-10-3-6-14(9-15(10)17)19-16(21)18-13-7-4-12(5-8-13)11(2)20/h3-9H,1-2H3,(H2,18,19,21). The molecule has 2 aromatic carbocycles. The molecule has 2 rings (SSSR count). The first kappa shape index (κ1) is 15.1. The molecule has 0 aliphatic heterocycles. The number of Topliss-reactive ketones (excluding diaryl/α,β-unsaturated/α-hetero) is 1. The molecule has 0 atom stereocenters. The zero-order valence-corrected chi connectivity index (χ0v) is 12.6. The second kappa shape index (κ2) is 6.45. The predicted octanol–water partition coefficient (Wildman–Crippen LogP) is 4.15. The van der Waals surface area contributed by atoms with Crippen LogP contribution in [0, 0.1) is 12.7 Å². The number of carbonyl (C=O) groups excluding carboxylic acids is 1. The number of anilines is 2. The maximum absolute atomic E-state index is 13.4. The van der Waals surface area contributed by atoms with Crippen LogP contribution in [-0.4, -0.2) is 10.9 Å². The van der Waals surface area contributed by atoms with E-state index in [9.17, 15) is 9.18 Å². The van der Waals surface area contributed by atoms with Gasteiger partial charge < -0.3 is 10.6 Å². The highest BCUT2D eigenvalue weighted by Gasteiger charge is 2.03. The van der Waals surface area contributed by atoms with Crippen molar-refractivity contribution in [2.24, 2.45) is 0 Å². The lowest BCUT2D eigenvalue weighted by Gasteiger charge is -2.11. The van der Waals surface area contributed by atoms with Crippen LogP contribution < -0.4 is 10.6 Å². The lowest BCUT2D eigenvalue weighted by atomic mass is 10.1. The topological polar surface area (TPSA) is 41.1 Å². The van der Waals surface area contributed by atoms with Crippen LogP contribution in [0.5, 0.6) is 0 Å². The second-order valence-electron chi connectivity index (χ2n) is 4.68. The molecule has 0 saturated carbocycles. The van der Waals surface area contributed by atoms with Crippen molar-refractivity contribution in [1.82, 2.24) is 0 Å². The number of hydrogen-bond donors (Lipinski definition) is 2. The molecule has 0 saturated heterocycles. The Labute approximate surface area is 128 Å². The SMILES string of the molecule is CC(=O)c1ccc(NC(=S)Nc2ccc(C)c(F)c2)cc1. The number of ketones is 1. The Balaban J connectivity index is 2.01. The Kier molecular flexibility index (Phi) is 4.65. The van der Waals surface area contributed by atoms with E-state index in [1.165, 1.54) is 13.0 Å². The summed E-state index contributed by atoms with van der Waals surface area (Å²) in [5, 5.41) is 6.24. The van der Waals surface area contributed by atoms with E-state index in [-0.39, 0.29) is 11.6 Å². The average Bonchev–Trinajstić information content (AvgIpc) is 2.43. The molecule has 2 aromatic rings. The molecule has 0 spiro atoms. The van der Waals surface area contributed by atoms with Crippen molar-refractivity contribution < 1.29 is 9.18 Å². The monoisotopic (exact) mass is 302 g/mol. The van der Waals surface area contributed by atoms with Crippen LogP contribution in [0.1, 0.15) is 22.8 Å². The molecule has 0 fully saturated rings. The Morgan fingerprint density at radius 3 is 2.19 bits per heavy atom. The van der Waals surface area contributed by atoms with Gasteiger partial charge in [0.1, 0.15) is 5.82 Å². The quantitative estimate of drug-likeness (QED) is 0.660. The minimum absolute atomic E-state index is 0.0115. The molecule has 0 heterocycles. The third-order valence-electron chi connectivity index (χ3n) is 2.98. The van der Waals surface area contributed by atoms with Gasteiger partial charge in [0.15, 0.2) is 10.9 Å². The van der Waals surface area contributed by atoms with E-state index < -0.39 is 0 Å². The molecule has 21 heavy (non-hydrogen) atoms. The first-order valence-electron chi connectivity index (χ1n) is 6.41. The molecule has 0 aromatic heterocycles. The smallest absolute Gasteiger partial charge is 0.175 e. The van der Waals surface area contributed by atoms with Crippen molar-refractivity contribution in [1.29, 1.82) is 0 Å². The summed E-state index contributed by atoms with van der Waals surface area (Å²) in [5.74, 6) is -0.272. The third kappa shape index (κ3) is 4.10. The van der Waals surface area contributed by atoms with Gasteiger partial charge in [0.05, 0.1) is 0 Å². The van der Waals surface area contributed by atoms with Gasteiger partial charge in [0.2, 0.25) is 0 Å². The fourth-order valence-corrected chi connectivity index (χ4v) is 1.99. The largest absolute Gasteiger partial charge is 0.332 e. The maximum atomic E-state index is 13.4. The van der Waals surface area contributed by atoms with Gasteiger partial charge >= 0.3 is 0 Å². The van der Waals surface area contributed by atoms with Crippen molar-refractivity contribution in [2.75, 3.05) is 10.6 Å². The minimum Gasteiger partial charge on any atom is -0.332 e. The zero-order chi connectivity index (χ0) is 15.4.